The average Bonchev–Trinajstić information content (AvgIpc) is 3.40. The van der Waals surface area contributed by atoms with Gasteiger partial charge in [-0.3, -0.25) is 9.59 Å². The molecule has 1 N–H and O–H groups in total. The number of rotatable bonds is 8. The summed E-state index contributed by atoms with van der Waals surface area (Å²) in [5, 5.41) is 2.92. The van der Waals surface area contributed by atoms with Crippen LogP contribution in [-0.2, 0) is 11.3 Å². The number of aryl methyl sites for hydroxylation is 1. The molecule has 4 aromatic rings. The fourth-order valence-corrected chi connectivity index (χ4v) is 4.20. The Morgan fingerprint density at radius 2 is 1.75 bits per heavy atom. The molecule has 0 spiro atoms. The molecule has 2 aromatic carbocycles. The normalized spacial score (nSPS) is 10.8. The molecule has 7 heteroatoms. The number of imidazole rings is 1. The minimum absolute atomic E-state index is 0.0465. The van der Waals surface area contributed by atoms with Crippen LogP contribution in [0.3, 0.4) is 0 Å². The first-order valence-electron chi connectivity index (χ1n) is 10.2. The Labute approximate surface area is 189 Å². The predicted molar refractivity (Wildman–Crippen MR) is 124 cm³/mol. The maximum atomic E-state index is 13.4. The highest BCUT2D eigenvalue weighted by atomic mass is 32.1. The molecule has 0 fully saturated rings. The van der Waals surface area contributed by atoms with Gasteiger partial charge in [0, 0.05) is 23.3 Å². The number of amides is 1. The quantitative estimate of drug-likeness (QED) is 0.352. The number of hydrogen-bond acceptors (Lipinski definition) is 4. The van der Waals surface area contributed by atoms with Crippen LogP contribution in [0.2, 0.25) is 0 Å². The molecule has 0 radical (unpaired) electrons. The highest BCUT2D eigenvalue weighted by Gasteiger charge is 2.17. The van der Waals surface area contributed by atoms with Gasteiger partial charge in [-0.1, -0.05) is 30.3 Å². The summed E-state index contributed by atoms with van der Waals surface area (Å²) in [6, 6.07) is 19.5. The second-order valence-corrected chi connectivity index (χ2v) is 8.73. The zero-order valence-electron chi connectivity index (χ0n) is 17.5. The number of ketones is 1. The van der Waals surface area contributed by atoms with Crippen molar-refractivity contribution >= 4 is 28.8 Å². The molecule has 1 amide bonds. The number of carbonyl (C=O) groups excluding carboxylic acids is 2. The number of halogens is 1. The van der Waals surface area contributed by atoms with E-state index in [1.807, 2.05) is 47.9 Å². The Balaban J connectivity index is 1.54. The SMILES string of the molecule is Cc1ccc(C(=O)CCC(=O)Nc2c(-c3ccc(F)cc3)ncn2Cc2ccccc2)s1. The number of nitrogens with one attached hydrogen (secondary N) is 1. The molecule has 2 heterocycles. The molecule has 0 bridgehead atoms. The van der Waals surface area contributed by atoms with E-state index in [0.29, 0.717) is 28.5 Å². The van der Waals surface area contributed by atoms with Gasteiger partial charge in [-0.15, -0.1) is 11.3 Å². The summed E-state index contributed by atoms with van der Waals surface area (Å²) >= 11 is 1.43. The number of thiophene rings is 1. The van der Waals surface area contributed by atoms with E-state index < -0.39 is 0 Å². The van der Waals surface area contributed by atoms with Crippen molar-refractivity contribution in [1.82, 2.24) is 9.55 Å². The molecular formula is C25H22FN3O2S. The van der Waals surface area contributed by atoms with Gasteiger partial charge in [0.05, 0.1) is 17.7 Å². The molecule has 4 rings (SSSR count). The number of anilines is 1. The van der Waals surface area contributed by atoms with Crippen LogP contribution in [0, 0.1) is 12.7 Å². The zero-order chi connectivity index (χ0) is 22.5. The summed E-state index contributed by atoms with van der Waals surface area (Å²) in [6.07, 6.45) is 1.85. The Morgan fingerprint density at radius 3 is 2.44 bits per heavy atom. The third-order valence-electron chi connectivity index (χ3n) is 5.00. The van der Waals surface area contributed by atoms with Gasteiger partial charge >= 0.3 is 0 Å². The van der Waals surface area contributed by atoms with Crippen molar-refractivity contribution in [2.45, 2.75) is 26.3 Å². The van der Waals surface area contributed by atoms with E-state index in [1.54, 1.807) is 24.5 Å². The van der Waals surface area contributed by atoms with Crippen LogP contribution in [0.15, 0.2) is 73.1 Å². The van der Waals surface area contributed by atoms with E-state index in [9.17, 15) is 14.0 Å². The van der Waals surface area contributed by atoms with Crippen LogP contribution in [0.4, 0.5) is 10.2 Å². The average molecular weight is 448 g/mol. The van der Waals surface area contributed by atoms with Crippen molar-refractivity contribution in [2.24, 2.45) is 0 Å². The monoisotopic (exact) mass is 447 g/mol. The highest BCUT2D eigenvalue weighted by molar-refractivity contribution is 7.14. The van der Waals surface area contributed by atoms with Crippen molar-refractivity contribution in [3.8, 4) is 11.3 Å². The van der Waals surface area contributed by atoms with Crippen LogP contribution in [0.1, 0.15) is 33.0 Å². The molecular weight excluding hydrogens is 425 g/mol. The fraction of sp³-hybridized carbons (Fsp3) is 0.160. The summed E-state index contributed by atoms with van der Waals surface area (Å²) < 4.78 is 15.2. The number of carbonyl (C=O) groups is 2. The molecule has 0 saturated carbocycles. The lowest BCUT2D eigenvalue weighted by atomic mass is 10.1. The summed E-state index contributed by atoms with van der Waals surface area (Å²) in [4.78, 5) is 31.3. The third kappa shape index (κ3) is 5.18. The van der Waals surface area contributed by atoms with Gasteiger partial charge in [-0.25, -0.2) is 9.37 Å². The Morgan fingerprint density at radius 1 is 1.00 bits per heavy atom. The van der Waals surface area contributed by atoms with Gasteiger partial charge in [0.15, 0.2) is 5.78 Å². The van der Waals surface area contributed by atoms with E-state index in [0.717, 1.165) is 10.4 Å². The fourth-order valence-electron chi connectivity index (χ4n) is 3.36. The first-order chi connectivity index (χ1) is 15.5. The standard InChI is InChI=1S/C25H22FN3O2S/c1-17-7-13-22(32-17)21(30)12-14-23(31)28-25-24(19-8-10-20(26)11-9-19)27-16-29(25)15-18-5-3-2-4-6-18/h2-11,13,16H,12,14-15H2,1H3,(H,28,31). The lowest BCUT2D eigenvalue weighted by Gasteiger charge is -2.12. The molecule has 5 nitrogen and oxygen atoms in total. The minimum Gasteiger partial charge on any atom is -0.312 e. The lowest BCUT2D eigenvalue weighted by Crippen LogP contribution is -2.17. The number of aromatic nitrogens is 2. The van der Waals surface area contributed by atoms with E-state index in [-0.39, 0.29) is 30.3 Å². The smallest absolute Gasteiger partial charge is 0.225 e. The van der Waals surface area contributed by atoms with E-state index >= 15 is 0 Å². The molecule has 0 aliphatic heterocycles. The van der Waals surface area contributed by atoms with Crippen molar-refractivity contribution in [3.05, 3.63) is 94.2 Å². The van der Waals surface area contributed by atoms with Gasteiger partial charge in [0.2, 0.25) is 5.91 Å². The number of benzene rings is 2. The molecule has 32 heavy (non-hydrogen) atoms. The second kappa shape index (κ2) is 9.70. The van der Waals surface area contributed by atoms with Crippen LogP contribution in [-0.4, -0.2) is 21.2 Å². The number of hydrogen-bond donors (Lipinski definition) is 1. The summed E-state index contributed by atoms with van der Waals surface area (Å²) in [7, 11) is 0. The first-order valence-corrected chi connectivity index (χ1v) is 11.1. The predicted octanol–water partition coefficient (Wildman–Crippen LogP) is 5.71. The summed E-state index contributed by atoms with van der Waals surface area (Å²) in [6.45, 7) is 2.46. The Bertz CT molecular complexity index is 1230. The minimum atomic E-state index is -0.342. The number of Topliss-reactive ketones (excluding diaryl/α,β-unsaturated/α-hetero) is 1. The molecule has 0 aliphatic rings. The van der Waals surface area contributed by atoms with Crippen molar-refractivity contribution in [3.63, 3.8) is 0 Å². The Kier molecular flexibility index (Phi) is 6.56. The van der Waals surface area contributed by atoms with Gasteiger partial charge < -0.3 is 9.88 Å². The van der Waals surface area contributed by atoms with E-state index in [4.69, 9.17) is 0 Å². The topological polar surface area (TPSA) is 64.0 Å². The van der Waals surface area contributed by atoms with Gasteiger partial charge in [-0.05, 0) is 48.9 Å². The maximum Gasteiger partial charge on any atom is 0.225 e. The molecule has 0 aliphatic carbocycles. The molecule has 0 atom stereocenters. The zero-order valence-corrected chi connectivity index (χ0v) is 18.4. The number of nitrogens with zero attached hydrogens (tertiary/aromatic N) is 2. The Hall–Kier alpha value is -3.58. The molecule has 0 saturated heterocycles. The van der Waals surface area contributed by atoms with E-state index in [1.165, 1.54) is 23.5 Å². The molecule has 0 unspecified atom stereocenters. The highest BCUT2D eigenvalue weighted by Crippen LogP contribution is 2.28. The first kappa shape index (κ1) is 21.6. The maximum absolute atomic E-state index is 13.4. The summed E-state index contributed by atoms with van der Waals surface area (Å²) in [5.41, 5.74) is 2.29. The molecule has 162 valence electrons. The van der Waals surface area contributed by atoms with Crippen LogP contribution < -0.4 is 5.32 Å². The molecule has 2 aromatic heterocycles. The lowest BCUT2D eigenvalue weighted by molar-refractivity contribution is -0.116. The van der Waals surface area contributed by atoms with E-state index in [2.05, 4.69) is 10.3 Å². The van der Waals surface area contributed by atoms with Crippen molar-refractivity contribution in [1.29, 1.82) is 0 Å². The third-order valence-corrected chi connectivity index (χ3v) is 6.04. The largest absolute Gasteiger partial charge is 0.312 e. The van der Waals surface area contributed by atoms with Crippen LogP contribution in [0.5, 0.6) is 0 Å². The summed E-state index contributed by atoms with van der Waals surface area (Å²) in [5.74, 6) is -0.144. The van der Waals surface area contributed by atoms with Crippen LogP contribution in [0.25, 0.3) is 11.3 Å². The van der Waals surface area contributed by atoms with Gasteiger partial charge in [0.25, 0.3) is 0 Å². The van der Waals surface area contributed by atoms with Crippen LogP contribution >= 0.6 is 11.3 Å². The van der Waals surface area contributed by atoms with Crippen molar-refractivity contribution in [2.75, 3.05) is 5.32 Å². The van der Waals surface area contributed by atoms with Crippen molar-refractivity contribution < 1.29 is 14.0 Å². The second-order valence-electron chi connectivity index (χ2n) is 7.44. The van der Waals surface area contributed by atoms with Gasteiger partial charge in [-0.2, -0.15) is 0 Å². The van der Waals surface area contributed by atoms with Gasteiger partial charge in [0.1, 0.15) is 17.3 Å².